The number of nitrogens with zero attached hydrogens (tertiary/aromatic N) is 6. The van der Waals surface area contributed by atoms with Gasteiger partial charge in [0.25, 0.3) is 0 Å². The Kier molecular flexibility index (Phi) is 5.39. The number of ether oxygens (including phenoxy) is 1. The first-order chi connectivity index (χ1) is 14.4. The van der Waals surface area contributed by atoms with Gasteiger partial charge in [-0.05, 0) is 25.1 Å². The van der Waals surface area contributed by atoms with E-state index in [0.717, 1.165) is 11.9 Å². The topological polar surface area (TPSA) is 93.5 Å². The number of methoxy groups -OCH3 is 1. The first kappa shape index (κ1) is 20.2. The third-order valence-electron chi connectivity index (χ3n) is 5.02. The summed E-state index contributed by atoms with van der Waals surface area (Å²) in [5.74, 6) is 1.69. The van der Waals surface area contributed by atoms with Gasteiger partial charge in [-0.1, -0.05) is 0 Å². The predicted molar refractivity (Wildman–Crippen MR) is 108 cm³/mol. The number of aryl methyl sites for hydroxylation is 1. The quantitative estimate of drug-likeness (QED) is 0.605. The summed E-state index contributed by atoms with van der Waals surface area (Å²) in [5.41, 5.74) is 0. The maximum atomic E-state index is 13.7. The van der Waals surface area contributed by atoms with Crippen molar-refractivity contribution >= 4 is 15.8 Å². The fourth-order valence-corrected chi connectivity index (χ4v) is 5.00. The first-order valence-corrected chi connectivity index (χ1v) is 10.7. The summed E-state index contributed by atoms with van der Waals surface area (Å²) in [6, 6.07) is 5.32. The van der Waals surface area contributed by atoms with Crippen LogP contribution in [0.2, 0.25) is 0 Å². The molecule has 1 aromatic carbocycles. The van der Waals surface area contributed by atoms with Crippen LogP contribution in [0.1, 0.15) is 5.82 Å². The van der Waals surface area contributed by atoms with Gasteiger partial charge in [-0.3, -0.25) is 4.57 Å². The maximum absolute atomic E-state index is 13.7. The van der Waals surface area contributed by atoms with Gasteiger partial charge in [0, 0.05) is 44.6 Å². The van der Waals surface area contributed by atoms with E-state index in [0.29, 0.717) is 24.7 Å². The normalized spacial score (nSPS) is 15.4. The molecule has 3 aromatic rings. The van der Waals surface area contributed by atoms with E-state index in [1.165, 1.54) is 29.9 Å². The van der Waals surface area contributed by atoms with Crippen molar-refractivity contribution in [3.63, 3.8) is 0 Å². The average Bonchev–Trinajstić information content (AvgIpc) is 3.20. The summed E-state index contributed by atoms with van der Waals surface area (Å²) in [6.45, 7) is 3.25. The van der Waals surface area contributed by atoms with Gasteiger partial charge in [-0.2, -0.15) is 4.31 Å². The fourth-order valence-electron chi connectivity index (χ4n) is 3.41. The third-order valence-corrected chi connectivity index (χ3v) is 6.94. The summed E-state index contributed by atoms with van der Waals surface area (Å²) < 4.78 is 48.1. The van der Waals surface area contributed by atoms with Crippen molar-refractivity contribution in [2.75, 3.05) is 38.2 Å². The lowest BCUT2D eigenvalue weighted by Gasteiger charge is -2.34. The Balaban J connectivity index is 1.52. The number of hydrogen-bond acceptors (Lipinski definition) is 7. The molecule has 9 nitrogen and oxygen atoms in total. The molecule has 158 valence electrons. The highest BCUT2D eigenvalue weighted by Crippen LogP contribution is 2.28. The van der Waals surface area contributed by atoms with E-state index in [1.54, 1.807) is 6.20 Å². The number of aromatic nitrogens is 4. The van der Waals surface area contributed by atoms with Gasteiger partial charge in [0.15, 0.2) is 0 Å². The Morgan fingerprint density at radius 3 is 2.43 bits per heavy atom. The molecule has 0 saturated carbocycles. The van der Waals surface area contributed by atoms with E-state index in [2.05, 4.69) is 15.0 Å². The minimum Gasteiger partial charge on any atom is -0.495 e. The van der Waals surface area contributed by atoms with Gasteiger partial charge in [-0.15, -0.1) is 0 Å². The van der Waals surface area contributed by atoms with Crippen molar-refractivity contribution in [2.24, 2.45) is 0 Å². The minimum absolute atomic E-state index is 0.120. The Labute approximate surface area is 173 Å². The molecule has 0 radical (unpaired) electrons. The largest absolute Gasteiger partial charge is 0.495 e. The molecular weight excluding hydrogens is 411 g/mol. The number of imidazole rings is 1. The SMILES string of the molecule is COc1ccc(F)cc1S(=O)(=O)N1CCN(c2cc(-n3ccnc3C)ncn2)CC1. The number of halogens is 1. The van der Waals surface area contributed by atoms with E-state index in [-0.39, 0.29) is 23.7 Å². The van der Waals surface area contributed by atoms with E-state index < -0.39 is 15.8 Å². The van der Waals surface area contributed by atoms with Crippen molar-refractivity contribution in [2.45, 2.75) is 11.8 Å². The van der Waals surface area contributed by atoms with Crippen LogP contribution in [0, 0.1) is 12.7 Å². The summed E-state index contributed by atoms with van der Waals surface area (Å²) in [7, 11) is -2.53. The smallest absolute Gasteiger partial charge is 0.246 e. The standard InChI is InChI=1S/C19H21FN6O3S/c1-14-21-5-6-26(14)19-12-18(22-13-23-19)24-7-9-25(10-8-24)30(27,28)17-11-15(20)3-4-16(17)29-2/h3-6,11-13H,7-10H2,1-2H3. The number of piperazine rings is 1. The van der Waals surface area contributed by atoms with Crippen molar-refractivity contribution in [3.05, 3.63) is 54.6 Å². The van der Waals surface area contributed by atoms with E-state index in [1.807, 2.05) is 28.7 Å². The number of benzene rings is 1. The van der Waals surface area contributed by atoms with Crippen LogP contribution < -0.4 is 9.64 Å². The van der Waals surface area contributed by atoms with Crippen LogP contribution in [0.25, 0.3) is 5.82 Å². The molecule has 1 aliphatic heterocycles. The van der Waals surface area contributed by atoms with E-state index in [4.69, 9.17) is 4.74 Å². The molecule has 4 rings (SSSR count). The number of anilines is 1. The van der Waals surface area contributed by atoms with Gasteiger partial charge in [0.2, 0.25) is 10.0 Å². The highest BCUT2D eigenvalue weighted by molar-refractivity contribution is 7.89. The van der Waals surface area contributed by atoms with Gasteiger partial charge in [0.1, 0.15) is 40.2 Å². The molecule has 2 aromatic heterocycles. The lowest BCUT2D eigenvalue weighted by Crippen LogP contribution is -2.49. The molecule has 0 atom stereocenters. The molecule has 0 spiro atoms. The molecule has 0 N–H and O–H groups in total. The van der Waals surface area contributed by atoms with Crippen LogP contribution in [0.5, 0.6) is 5.75 Å². The molecule has 1 aliphatic rings. The maximum Gasteiger partial charge on any atom is 0.246 e. The summed E-state index contributed by atoms with van der Waals surface area (Å²) in [4.78, 5) is 14.6. The monoisotopic (exact) mass is 432 g/mol. The lowest BCUT2D eigenvalue weighted by atomic mass is 10.3. The average molecular weight is 432 g/mol. The molecule has 3 heterocycles. The molecule has 0 bridgehead atoms. The second-order valence-electron chi connectivity index (χ2n) is 6.77. The molecule has 30 heavy (non-hydrogen) atoms. The molecule has 0 unspecified atom stereocenters. The molecule has 0 amide bonds. The molecule has 11 heteroatoms. The Morgan fingerprint density at radius 1 is 1.03 bits per heavy atom. The molecule has 1 fully saturated rings. The molecule has 0 aliphatic carbocycles. The zero-order valence-corrected chi connectivity index (χ0v) is 17.4. The first-order valence-electron chi connectivity index (χ1n) is 9.31. The van der Waals surface area contributed by atoms with Crippen LogP contribution in [0.4, 0.5) is 10.2 Å². The lowest BCUT2D eigenvalue weighted by molar-refractivity contribution is 0.372. The van der Waals surface area contributed by atoms with Crippen molar-refractivity contribution in [1.82, 2.24) is 23.8 Å². The van der Waals surface area contributed by atoms with Crippen LogP contribution in [-0.2, 0) is 10.0 Å². The Morgan fingerprint density at radius 2 is 1.77 bits per heavy atom. The summed E-state index contributed by atoms with van der Waals surface area (Å²) in [6.07, 6.45) is 4.99. The number of rotatable bonds is 5. The van der Waals surface area contributed by atoms with Crippen molar-refractivity contribution in [3.8, 4) is 11.6 Å². The van der Waals surface area contributed by atoms with Crippen LogP contribution in [0.15, 0.2) is 47.9 Å². The van der Waals surface area contributed by atoms with Gasteiger partial charge >= 0.3 is 0 Å². The summed E-state index contributed by atoms with van der Waals surface area (Å²) >= 11 is 0. The van der Waals surface area contributed by atoms with Crippen LogP contribution >= 0.6 is 0 Å². The molecular formula is C19H21FN6O3S. The predicted octanol–water partition coefficient (Wildman–Crippen LogP) is 1.63. The number of sulfonamides is 1. The molecule has 1 saturated heterocycles. The highest BCUT2D eigenvalue weighted by Gasteiger charge is 2.31. The third kappa shape index (κ3) is 3.73. The zero-order chi connectivity index (χ0) is 21.3. The number of hydrogen-bond donors (Lipinski definition) is 0. The zero-order valence-electron chi connectivity index (χ0n) is 16.6. The Bertz CT molecular complexity index is 1160. The van der Waals surface area contributed by atoms with Crippen molar-refractivity contribution < 1.29 is 17.5 Å². The fraction of sp³-hybridized carbons (Fsp3) is 0.316. The second-order valence-corrected chi connectivity index (χ2v) is 8.67. The van der Waals surface area contributed by atoms with E-state index >= 15 is 0 Å². The summed E-state index contributed by atoms with van der Waals surface area (Å²) in [5, 5.41) is 0. The van der Waals surface area contributed by atoms with Crippen molar-refractivity contribution in [1.29, 1.82) is 0 Å². The Hall–Kier alpha value is -3.05. The van der Waals surface area contributed by atoms with Crippen LogP contribution in [-0.4, -0.2) is 65.5 Å². The highest BCUT2D eigenvalue weighted by atomic mass is 32.2. The van der Waals surface area contributed by atoms with E-state index in [9.17, 15) is 12.8 Å². The second kappa shape index (κ2) is 8.00. The van der Waals surface area contributed by atoms with Gasteiger partial charge < -0.3 is 9.64 Å². The van der Waals surface area contributed by atoms with Gasteiger partial charge in [-0.25, -0.2) is 27.8 Å². The minimum atomic E-state index is -3.89. The van der Waals surface area contributed by atoms with Gasteiger partial charge in [0.05, 0.1) is 7.11 Å². The van der Waals surface area contributed by atoms with Crippen LogP contribution in [0.3, 0.4) is 0 Å².